The summed E-state index contributed by atoms with van der Waals surface area (Å²) in [6.07, 6.45) is 0.853. The van der Waals surface area contributed by atoms with Gasteiger partial charge in [0.1, 0.15) is 4.70 Å². The second-order valence-electron chi connectivity index (χ2n) is 3.93. The first kappa shape index (κ1) is 15.4. The molecular formula is C13H16INO2S. The van der Waals surface area contributed by atoms with Crippen LogP contribution in [0.4, 0.5) is 0 Å². The molecule has 0 aliphatic carbocycles. The van der Waals surface area contributed by atoms with Gasteiger partial charge in [0.2, 0.25) is 10.5 Å². The van der Waals surface area contributed by atoms with Crippen LogP contribution in [0.5, 0.6) is 0 Å². The van der Waals surface area contributed by atoms with E-state index in [1.165, 1.54) is 22.1 Å². The highest BCUT2D eigenvalue weighted by Gasteiger charge is 2.15. The number of halogens is 1. The number of benzene rings is 1. The Kier molecular flexibility index (Phi) is 6.01. The Morgan fingerprint density at radius 1 is 1.39 bits per heavy atom. The zero-order valence-electron chi connectivity index (χ0n) is 10.5. The highest BCUT2D eigenvalue weighted by atomic mass is 127. The predicted octanol–water partition coefficient (Wildman–Crippen LogP) is -0.546. The molecule has 0 amide bonds. The summed E-state index contributed by atoms with van der Waals surface area (Å²) in [6.45, 7) is 4.95. The van der Waals surface area contributed by atoms with Crippen molar-refractivity contribution in [1.82, 2.24) is 0 Å². The first-order valence-electron chi connectivity index (χ1n) is 5.70. The lowest BCUT2D eigenvalue weighted by Crippen LogP contribution is -3.00. The van der Waals surface area contributed by atoms with E-state index in [9.17, 15) is 4.79 Å². The second-order valence-corrected chi connectivity index (χ2v) is 5.17. The van der Waals surface area contributed by atoms with Gasteiger partial charge in [0.25, 0.3) is 0 Å². The number of hydrogen-bond acceptors (Lipinski definition) is 3. The van der Waals surface area contributed by atoms with Crippen LogP contribution in [0, 0.1) is 6.92 Å². The van der Waals surface area contributed by atoms with Gasteiger partial charge in [-0.25, -0.2) is 0 Å². The van der Waals surface area contributed by atoms with E-state index in [1.807, 2.05) is 0 Å². The molecule has 0 saturated heterocycles. The third-order valence-corrected chi connectivity index (χ3v) is 3.71. The molecule has 1 heterocycles. The number of carbonyl (C=O) groups is 1. The summed E-state index contributed by atoms with van der Waals surface area (Å²) in [7, 11) is 0. The van der Waals surface area contributed by atoms with Crippen LogP contribution < -0.4 is 28.5 Å². The maximum atomic E-state index is 10.7. The molecule has 5 heteroatoms. The number of nitrogens with zero attached hydrogens (tertiary/aromatic N) is 1. The van der Waals surface area contributed by atoms with Crippen LogP contribution in [0.25, 0.3) is 10.2 Å². The number of thiazole rings is 1. The van der Waals surface area contributed by atoms with Crippen molar-refractivity contribution in [2.24, 2.45) is 0 Å². The molecule has 0 saturated carbocycles. The lowest BCUT2D eigenvalue weighted by atomic mass is 10.3. The van der Waals surface area contributed by atoms with E-state index in [0.717, 1.165) is 13.0 Å². The van der Waals surface area contributed by atoms with Crippen molar-refractivity contribution in [3.8, 4) is 0 Å². The Morgan fingerprint density at radius 2 is 2.11 bits per heavy atom. The summed E-state index contributed by atoms with van der Waals surface area (Å²) in [4.78, 5) is 10.7. The number of esters is 1. The Bertz CT molecular complexity index is 539. The summed E-state index contributed by atoms with van der Waals surface area (Å²) >= 11 is 1.80. The Hall–Kier alpha value is -0.690. The molecule has 0 N–H and O–H groups in total. The van der Waals surface area contributed by atoms with Crippen molar-refractivity contribution in [3.63, 3.8) is 0 Å². The highest BCUT2D eigenvalue weighted by Crippen LogP contribution is 2.19. The van der Waals surface area contributed by atoms with Crippen molar-refractivity contribution >= 4 is 27.5 Å². The SMILES string of the molecule is CC(=O)OCCC[n+]1c(C)sc2ccccc21.[I-]. The van der Waals surface area contributed by atoms with E-state index in [1.54, 1.807) is 11.3 Å². The van der Waals surface area contributed by atoms with Gasteiger partial charge in [-0.15, -0.1) is 0 Å². The molecule has 0 unspecified atom stereocenters. The van der Waals surface area contributed by atoms with Gasteiger partial charge in [-0.05, 0) is 6.07 Å². The molecule has 0 bridgehead atoms. The molecule has 0 aliphatic heterocycles. The minimum Gasteiger partial charge on any atom is -1.00 e. The number of hydrogen-bond donors (Lipinski definition) is 0. The first-order chi connectivity index (χ1) is 8.18. The number of fused-ring (bicyclic) bond motifs is 1. The van der Waals surface area contributed by atoms with Gasteiger partial charge >= 0.3 is 5.97 Å². The van der Waals surface area contributed by atoms with E-state index in [2.05, 4.69) is 35.8 Å². The number of para-hydroxylation sites is 1. The van der Waals surface area contributed by atoms with Gasteiger partial charge in [0, 0.05) is 26.3 Å². The fourth-order valence-corrected chi connectivity index (χ4v) is 2.91. The Morgan fingerprint density at radius 3 is 2.83 bits per heavy atom. The maximum Gasteiger partial charge on any atom is 0.302 e. The summed E-state index contributed by atoms with van der Waals surface area (Å²) in [6, 6.07) is 8.37. The molecule has 18 heavy (non-hydrogen) atoms. The lowest BCUT2D eigenvalue weighted by molar-refractivity contribution is -0.673. The molecule has 0 aliphatic rings. The molecule has 0 radical (unpaired) electrons. The second kappa shape index (κ2) is 7.04. The molecule has 0 atom stereocenters. The van der Waals surface area contributed by atoms with Crippen molar-refractivity contribution in [2.75, 3.05) is 6.61 Å². The molecule has 1 aromatic heterocycles. The molecule has 2 rings (SSSR count). The standard InChI is InChI=1S/C13H16NO2S.HI/c1-10-14(8-5-9-16-11(2)15)12-6-3-4-7-13(12)17-10;/h3-4,6-7H,5,8-9H2,1-2H3;1H/q+1;/p-1. The minimum absolute atomic E-state index is 0. The van der Waals surface area contributed by atoms with Crippen molar-refractivity contribution in [2.45, 2.75) is 26.8 Å². The van der Waals surface area contributed by atoms with Crippen LogP contribution in [0.1, 0.15) is 18.4 Å². The van der Waals surface area contributed by atoms with Crippen LogP contribution in [0.3, 0.4) is 0 Å². The van der Waals surface area contributed by atoms with E-state index >= 15 is 0 Å². The molecule has 0 fully saturated rings. The van der Waals surface area contributed by atoms with E-state index in [-0.39, 0.29) is 29.9 Å². The fourth-order valence-electron chi connectivity index (χ4n) is 1.87. The van der Waals surface area contributed by atoms with Gasteiger partial charge in [-0.2, -0.15) is 4.57 Å². The molecule has 98 valence electrons. The van der Waals surface area contributed by atoms with Crippen LogP contribution >= 0.6 is 11.3 Å². The number of rotatable bonds is 4. The minimum atomic E-state index is -0.207. The number of carbonyl (C=O) groups excluding carboxylic acids is 1. The molecular weight excluding hydrogens is 361 g/mol. The summed E-state index contributed by atoms with van der Waals surface area (Å²) in [5.74, 6) is -0.207. The molecule has 3 nitrogen and oxygen atoms in total. The van der Waals surface area contributed by atoms with E-state index in [4.69, 9.17) is 4.74 Å². The number of aromatic nitrogens is 1. The molecule has 2 aromatic rings. The number of ether oxygens (including phenoxy) is 1. The average Bonchev–Trinajstić information content (AvgIpc) is 2.60. The summed E-state index contributed by atoms with van der Waals surface area (Å²) < 4.78 is 8.53. The van der Waals surface area contributed by atoms with Crippen LogP contribution in [0.15, 0.2) is 24.3 Å². The zero-order valence-corrected chi connectivity index (χ0v) is 13.5. The van der Waals surface area contributed by atoms with Gasteiger partial charge in [-0.3, -0.25) is 4.79 Å². The highest BCUT2D eigenvalue weighted by molar-refractivity contribution is 7.18. The molecule has 1 aromatic carbocycles. The topological polar surface area (TPSA) is 30.2 Å². The lowest BCUT2D eigenvalue weighted by Gasteiger charge is -1.99. The quantitative estimate of drug-likeness (QED) is 0.310. The van der Waals surface area contributed by atoms with Crippen LogP contribution in [-0.2, 0) is 16.1 Å². The smallest absolute Gasteiger partial charge is 0.302 e. The van der Waals surface area contributed by atoms with Crippen molar-refractivity contribution in [1.29, 1.82) is 0 Å². The van der Waals surface area contributed by atoms with Gasteiger partial charge in [0.05, 0.1) is 6.61 Å². The normalized spacial score (nSPS) is 10.1. The maximum absolute atomic E-state index is 10.7. The fraction of sp³-hybridized carbons (Fsp3) is 0.385. The Balaban J connectivity index is 0.00000162. The van der Waals surface area contributed by atoms with Gasteiger partial charge in [0.15, 0.2) is 6.54 Å². The predicted molar refractivity (Wildman–Crippen MR) is 68.0 cm³/mol. The first-order valence-corrected chi connectivity index (χ1v) is 6.51. The zero-order chi connectivity index (χ0) is 12.3. The van der Waals surface area contributed by atoms with Crippen LogP contribution in [-0.4, -0.2) is 12.6 Å². The summed E-state index contributed by atoms with van der Waals surface area (Å²) in [5, 5.41) is 1.29. The van der Waals surface area contributed by atoms with E-state index in [0.29, 0.717) is 6.61 Å². The molecule has 0 spiro atoms. The third-order valence-electron chi connectivity index (χ3n) is 2.63. The van der Waals surface area contributed by atoms with Gasteiger partial charge in [-0.1, -0.05) is 23.5 Å². The average molecular weight is 377 g/mol. The van der Waals surface area contributed by atoms with Crippen molar-refractivity contribution in [3.05, 3.63) is 29.3 Å². The van der Waals surface area contributed by atoms with Crippen molar-refractivity contribution < 1.29 is 38.1 Å². The largest absolute Gasteiger partial charge is 1.00 e. The third kappa shape index (κ3) is 3.65. The van der Waals surface area contributed by atoms with Crippen LogP contribution in [0.2, 0.25) is 0 Å². The number of aryl methyl sites for hydroxylation is 2. The summed E-state index contributed by atoms with van der Waals surface area (Å²) in [5.41, 5.74) is 1.26. The van der Waals surface area contributed by atoms with Gasteiger partial charge < -0.3 is 28.7 Å². The van der Waals surface area contributed by atoms with E-state index < -0.39 is 0 Å². The Labute approximate surface area is 128 Å². The monoisotopic (exact) mass is 377 g/mol.